The number of aromatic nitrogens is 1. The van der Waals surface area contributed by atoms with Gasteiger partial charge in [-0.3, -0.25) is 14.4 Å². The molecule has 1 fully saturated rings. The van der Waals surface area contributed by atoms with Crippen molar-refractivity contribution in [1.82, 2.24) is 9.47 Å². The monoisotopic (exact) mass is 410 g/mol. The highest BCUT2D eigenvalue weighted by molar-refractivity contribution is 5.99. The standard InChI is InChI=1S/C24H30N2O4/c1-15(2)26-16(3)11-21(18(26)5)22(27)14-30-24(29)20-12-23(28)25(13-20)17(4)19-9-7-6-8-10-19/h6-11,15,17,20H,12-14H2,1-5H3/t17-,20+/m1/s1. The number of benzene rings is 1. The van der Waals surface area contributed by atoms with Crippen LogP contribution in [0.15, 0.2) is 36.4 Å². The first-order chi connectivity index (χ1) is 14.2. The van der Waals surface area contributed by atoms with Crippen molar-refractivity contribution in [3.63, 3.8) is 0 Å². The van der Waals surface area contributed by atoms with Crippen molar-refractivity contribution in [2.24, 2.45) is 5.92 Å². The molecule has 0 bridgehead atoms. The SMILES string of the molecule is Cc1cc(C(=O)COC(=O)[C@H]2CC(=O)N([C@H](C)c3ccccc3)C2)c(C)n1C(C)C. The van der Waals surface area contributed by atoms with Crippen LogP contribution in [0.3, 0.4) is 0 Å². The van der Waals surface area contributed by atoms with E-state index >= 15 is 0 Å². The Kier molecular flexibility index (Phi) is 6.44. The van der Waals surface area contributed by atoms with Crippen LogP contribution < -0.4 is 0 Å². The predicted molar refractivity (Wildman–Crippen MR) is 114 cm³/mol. The van der Waals surface area contributed by atoms with E-state index in [-0.39, 0.29) is 36.8 Å². The molecule has 1 aliphatic heterocycles. The van der Waals surface area contributed by atoms with Crippen LogP contribution in [0, 0.1) is 19.8 Å². The Morgan fingerprint density at radius 2 is 1.80 bits per heavy atom. The van der Waals surface area contributed by atoms with Crippen LogP contribution in [0.5, 0.6) is 0 Å². The van der Waals surface area contributed by atoms with E-state index in [2.05, 4.69) is 18.4 Å². The molecule has 0 saturated carbocycles. The normalized spacial score (nSPS) is 17.5. The number of Topliss-reactive ketones (excluding diaryl/α,β-unsaturated/α-hetero) is 1. The fourth-order valence-corrected chi connectivity index (χ4v) is 4.36. The average Bonchev–Trinajstić information content (AvgIpc) is 3.25. The van der Waals surface area contributed by atoms with Crippen LogP contribution in [0.4, 0.5) is 0 Å². The topological polar surface area (TPSA) is 68.6 Å². The lowest BCUT2D eigenvalue weighted by Crippen LogP contribution is -2.30. The third-order valence-corrected chi connectivity index (χ3v) is 5.89. The first-order valence-electron chi connectivity index (χ1n) is 10.4. The quantitative estimate of drug-likeness (QED) is 0.511. The van der Waals surface area contributed by atoms with Gasteiger partial charge in [0.1, 0.15) is 0 Å². The van der Waals surface area contributed by atoms with Gasteiger partial charge in [-0.05, 0) is 46.2 Å². The van der Waals surface area contributed by atoms with Crippen molar-refractivity contribution in [3.8, 4) is 0 Å². The number of ketones is 1. The van der Waals surface area contributed by atoms with Crippen molar-refractivity contribution in [2.75, 3.05) is 13.2 Å². The van der Waals surface area contributed by atoms with Gasteiger partial charge in [0, 0.05) is 36.0 Å². The summed E-state index contributed by atoms with van der Waals surface area (Å²) in [7, 11) is 0. The molecule has 2 atom stereocenters. The molecule has 2 aromatic rings. The number of carbonyl (C=O) groups excluding carboxylic acids is 3. The van der Waals surface area contributed by atoms with E-state index in [4.69, 9.17) is 4.74 Å². The maximum atomic E-state index is 12.6. The minimum atomic E-state index is -0.542. The van der Waals surface area contributed by atoms with Crippen LogP contribution >= 0.6 is 0 Å². The molecule has 0 spiro atoms. The van der Waals surface area contributed by atoms with Crippen molar-refractivity contribution in [1.29, 1.82) is 0 Å². The van der Waals surface area contributed by atoms with Gasteiger partial charge < -0.3 is 14.2 Å². The Balaban J connectivity index is 1.60. The zero-order valence-electron chi connectivity index (χ0n) is 18.3. The molecule has 6 heteroatoms. The van der Waals surface area contributed by atoms with Gasteiger partial charge in [0.15, 0.2) is 6.61 Å². The molecule has 6 nitrogen and oxygen atoms in total. The minimum Gasteiger partial charge on any atom is -0.457 e. The van der Waals surface area contributed by atoms with Gasteiger partial charge in [-0.2, -0.15) is 0 Å². The van der Waals surface area contributed by atoms with Crippen molar-refractivity contribution < 1.29 is 19.1 Å². The molecule has 3 rings (SSSR count). The summed E-state index contributed by atoms with van der Waals surface area (Å²) in [6, 6.07) is 11.7. The van der Waals surface area contributed by atoms with E-state index in [1.807, 2.05) is 57.2 Å². The molecular weight excluding hydrogens is 380 g/mol. The van der Waals surface area contributed by atoms with Crippen LogP contribution in [0.2, 0.25) is 0 Å². The molecule has 0 N–H and O–H groups in total. The summed E-state index contributed by atoms with van der Waals surface area (Å²) in [5, 5.41) is 0. The summed E-state index contributed by atoms with van der Waals surface area (Å²) in [6.45, 7) is 9.95. The summed E-state index contributed by atoms with van der Waals surface area (Å²) in [4.78, 5) is 39.3. The fraction of sp³-hybridized carbons (Fsp3) is 0.458. The third-order valence-electron chi connectivity index (χ3n) is 5.89. The summed E-state index contributed by atoms with van der Waals surface area (Å²) >= 11 is 0. The molecular formula is C24H30N2O4. The van der Waals surface area contributed by atoms with E-state index in [9.17, 15) is 14.4 Å². The van der Waals surface area contributed by atoms with Crippen molar-refractivity contribution >= 4 is 17.7 Å². The number of ether oxygens (including phenoxy) is 1. The van der Waals surface area contributed by atoms with Gasteiger partial charge >= 0.3 is 5.97 Å². The first-order valence-corrected chi connectivity index (χ1v) is 10.4. The van der Waals surface area contributed by atoms with Crippen molar-refractivity contribution in [3.05, 3.63) is 58.9 Å². The summed E-state index contributed by atoms with van der Waals surface area (Å²) < 4.78 is 7.40. The Hall–Kier alpha value is -2.89. The van der Waals surface area contributed by atoms with Crippen LogP contribution in [-0.4, -0.2) is 40.3 Å². The Morgan fingerprint density at radius 1 is 1.13 bits per heavy atom. The Morgan fingerprint density at radius 3 is 2.40 bits per heavy atom. The van der Waals surface area contributed by atoms with Crippen LogP contribution in [0.1, 0.15) is 66.6 Å². The molecule has 1 aromatic heterocycles. The number of aryl methyl sites for hydroxylation is 1. The summed E-state index contributed by atoms with van der Waals surface area (Å²) in [5.74, 6) is -1.32. The number of likely N-dealkylation sites (tertiary alicyclic amines) is 1. The van der Waals surface area contributed by atoms with Gasteiger partial charge in [0.25, 0.3) is 0 Å². The smallest absolute Gasteiger partial charge is 0.311 e. The number of rotatable bonds is 7. The van der Waals surface area contributed by atoms with E-state index in [0.717, 1.165) is 17.0 Å². The number of hydrogen-bond donors (Lipinski definition) is 0. The van der Waals surface area contributed by atoms with Gasteiger partial charge in [0.05, 0.1) is 12.0 Å². The zero-order valence-corrected chi connectivity index (χ0v) is 18.3. The number of nitrogens with zero attached hydrogens (tertiary/aromatic N) is 2. The molecule has 0 unspecified atom stereocenters. The van der Waals surface area contributed by atoms with E-state index in [1.54, 1.807) is 4.90 Å². The van der Waals surface area contributed by atoms with Crippen LogP contribution in [0.25, 0.3) is 0 Å². The fourth-order valence-electron chi connectivity index (χ4n) is 4.36. The lowest BCUT2D eigenvalue weighted by Gasteiger charge is -2.25. The zero-order chi connectivity index (χ0) is 22.0. The number of carbonyl (C=O) groups is 3. The molecule has 1 amide bonds. The molecule has 1 aliphatic rings. The van der Waals surface area contributed by atoms with E-state index < -0.39 is 11.9 Å². The minimum absolute atomic E-state index is 0.0693. The maximum Gasteiger partial charge on any atom is 0.311 e. The van der Waals surface area contributed by atoms with Gasteiger partial charge in [-0.25, -0.2) is 0 Å². The van der Waals surface area contributed by atoms with Crippen molar-refractivity contribution in [2.45, 2.75) is 53.1 Å². The highest BCUT2D eigenvalue weighted by atomic mass is 16.5. The van der Waals surface area contributed by atoms with Gasteiger partial charge in [-0.1, -0.05) is 30.3 Å². The highest BCUT2D eigenvalue weighted by Crippen LogP contribution is 2.29. The third kappa shape index (κ3) is 4.32. The maximum absolute atomic E-state index is 12.6. The average molecular weight is 411 g/mol. The largest absolute Gasteiger partial charge is 0.457 e. The van der Waals surface area contributed by atoms with E-state index in [0.29, 0.717) is 12.1 Å². The van der Waals surface area contributed by atoms with Crippen LogP contribution in [-0.2, 0) is 14.3 Å². The second-order valence-electron chi connectivity index (χ2n) is 8.31. The molecule has 30 heavy (non-hydrogen) atoms. The molecule has 160 valence electrons. The first kappa shape index (κ1) is 21.8. The predicted octanol–water partition coefficient (Wildman–Crippen LogP) is 4.02. The van der Waals surface area contributed by atoms with E-state index in [1.165, 1.54) is 0 Å². The Labute approximate surface area is 177 Å². The number of esters is 1. The van der Waals surface area contributed by atoms with Gasteiger partial charge in [0.2, 0.25) is 11.7 Å². The number of amides is 1. The lowest BCUT2D eigenvalue weighted by molar-refractivity contribution is -0.147. The molecule has 0 aliphatic carbocycles. The summed E-state index contributed by atoms with van der Waals surface area (Å²) in [5.41, 5.74) is 3.48. The highest BCUT2D eigenvalue weighted by Gasteiger charge is 2.38. The second kappa shape index (κ2) is 8.86. The molecule has 0 radical (unpaired) electrons. The second-order valence-corrected chi connectivity index (χ2v) is 8.31. The van der Waals surface area contributed by atoms with Gasteiger partial charge in [-0.15, -0.1) is 0 Å². The summed E-state index contributed by atoms with van der Waals surface area (Å²) in [6.07, 6.45) is 0.117. The lowest BCUT2D eigenvalue weighted by atomic mass is 10.1. The Bertz CT molecular complexity index is 946. The molecule has 1 saturated heterocycles. The number of hydrogen-bond acceptors (Lipinski definition) is 4. The molecule has 1 aromatic carbocycles. The molecule has 2 heterocycles.